The number of thioether (sulfide) groups is 1. The van der Waals surface area contributed by atoms with Crippen LogP contribution in [0.2, 0.25) is 0 Å². The topological polar surface area (TPSA) is 18.5 Å². The number of anilines is 2. The van der Waals surface area contributed by atoms with Gasteiger partial charge in [-0.3, -0.25) is 0 Å². The van der Waals surface area contributed by atoms with Gasteiger partial charge in [0.15, 0.2) is 0 Å². The molecule has 0 saturated heterocycles. The molecule has 0 amide bonds. The van der Waals surface area contributed by atoms with E-state index < -0.39 is 0 Å². The summed E-state index contributed by atoms with van der Waals surface area (Å²) in [7, 11) is 1.87. The van der Waals surface area contributed by atoms with Gasteiger partial charge in [-0.05, 0) is 61.7 Å². The highest BCUT2D eigenvalue weighted by atomic mass is 32.2. The molecule has 0 bridgehead atoms. The first-order chi connectivity index (χ1) is 18.8. The van der Waals surface area contributed by atoms with Crippen LogP contribution >= 0.6 is 11.8 Å². The lowest BCUT2D eigenvalue weighted by Crippen LogP contribution is -2.27. The smallest absolute Gasteiger partial charge is 0.148 e. The summed E-state index contributed by atoms with van der Waals surface area (Å²) in [6.07, 6.45) is 4.26. The summed E-state index contributed by atoms with van der Waals surface area (Å²) in [4.78, 5) is 4.93. The van der Waals surface area contributed by atoms with E-state index in [1.165, 1.54) is 0 Å². The van der Waals surface area contributed by atoms with Gasteiger partial charge in [-0.15, -0.1) is 11.8 Å². The molecule has 0 heterocycles. The Morgan fingerprint density at radius 2 is 1.64 bits per heavy atom. The highest BCUT2D eigenvalue weighted by Crippen LogP contribution is 2.36. The molecule has 1 N–H and O–H groups in total. The first-order valence-corrected chi connectivity index (χ1v) is 14.6. The van der Waals surface area contributed by atoms with Crippen molar-refractivity contribution in [3.05, 3.63) is 108 Å². The molecule has 39 heavy (non-hydrogen) atoms. The Hall–Kier alpha value is -3.25. The van der Waals surface area contributed by atoms with E-state index in [1.807, 2.05) is 61.3 Å². The fraction of sp³-hybridized carbons (Fsp3) is 0.333. The van der Waals surface area contributed by atoms with Crippen molar-refractivity contribution in [1.82, 2.24) is 5.32 Å². The molecular formula is C33H41F2N3S. The monoisotopic (exact) mass is 549 g/mol. The quantitative estimate of drug-likeness (QED) is 0.192. The van der Waals surface area contributed by atoms with Gasteiger partial charge in [-0.1, -0.05) is 63.4 Å². The van der Waals surface area contributed by atoms with E-state index in [2.05, 4.69) is 37.2 Å². The largest absolute Gasteiger partial charge is 0.382 e. The van der Waals surface area contributed by atoms with Gasteiger partial charge in [0.25, 0.3) is 0 Å². The predicted molar refractivity (Wildman–Crippen MR) is 166 cm³/mol. The molecule has 6 heteroatoms. The van der Waals surface area contributed by atoms with Crippen LogP contribution in [0.25, 0.3) is 5.70 Å². The van der Waals surface area contributed by atoms with Crippen molar-refractivity contribution >= 4 is 28.8 Å². The van der Waals surface area contributed by atoms with Gasteiger partial charge >= 0.3 is 0 Å². The van der Waals surface area contributed by atoms with Crippen LogP contribution in [0.5, 0.6) is 0 Å². The molecule has 0 aliphatic heterocycles. The van der Waals surface area contributed by atoms with Crippen LogP contribution in [0.3, 0.4) is 0 Å². The molecule has 0 fully saturated rings. The zero-order chi connectivity index (χ0) is 28.4. The molecule has 0 radical (unpaired) electrons. The molecule has 3 aromatic carbocycles. The summed E-state index contributed by atoms with van der Waals surface area (Å²) in [5.74, 6) is 0.179. The maximum absolute atomic E-state index is 15.2. The molecule has 3 rings (SSSR count). The van der Waals surface area contributed by atoms with Gasteiger partial charge in [0.05, 0.1) is 11.4 Å². The van der Waals surface area contributed by atoms with Crippen molar-refractivity contribution in [2.24, 2.45) is 0 Å². The number of hydrogen-bond donors (Lipinski definition) is 1. The van der Waals surface area contributed by atoms with Crippen LogP contribution < -0.4 is 15.1 Å². The minimum atomic E-state index is -0.286. The van der Waals surface area contributed by atoms with Crippen LogP contribution in [-0.4, -0.2) is 31.9 Å². The number of hydrogen-bond acceptors (Lipinski definition) is 4. The Labute approximate surface area is 237 Å². The minimum Gasteiger partial charge on any atom is -0.382 e. The SMILES string of the molecule is C=CN(C)c1cc(F)c(N(CCC)CCC)cc1SC[C@@H](C)NC(=C)c1ccc(Cc2ccccc2)cc1F. The van der Waals surface area contributed by atoms with Gasteiger partial charge < -0.3 is 15.1 Å². The summed E-state index contributed by atoms with van der Waals surface area (Å²) in [5.41, 5.74) is 4.48. The summed E-state index contributed by atoms with van der Waals surface area (Å²) in [6.45, 7) is 15.8. The van der Waals surface area contributed by atoms with Gasteiger partial charge in [0.2, 0.25) is 0 Å². The van der Waals surface area contributed by atoms with Crippen molar-refractivity contribution in [3.8, 4) is 0 Å². The lowest BCUT2D eigenvalue weighted by atomic mass is 10.0. The standard InChI is InChI=1S/C33H41F2N3S/c1-7-17-38(18-8-2)31-22-33(32(21-30(31)35)37(6)9-3)39-23-24(4)36-25(5)28-16-15-27(20-29(28)34)19-26-13-11-10-12-14-26/h9-16,20-22,24,36H,3,5,7-8,17-19,23H2,1-2,4,6H3/t24-/m1/s1. The van der Waals surface area contributed by atoms with E-state index in [4.69, 9.17) is 0 Å². The van der Waals surface area contributed by atoms with Gasteiger partial charge in [-0.25, -0.2) is 8.78 Å². The second kappa shape index (κ2) is 14.8. The second-order valence-electron chi connectivity index (χ2n) is 9.86. The van der Waals surface area contributed by atoms with E-state index in [-0.39, 0.29) is 17.7 Å². The van der Waals surface area contributed by atoms with E-state index in [9.17, 15) is 0 Å². The Morgan fingerprint density at radius 3 is 2.26 bits per heavy atom. The Morgan fingerprint density at radius 1 is 0.949 bits per heavy atom. The maximum Gasteiger partial charge on any atom is 0.148 e. The van der Waals surface area contributed by atoms with Gasteiger partial charge in [0.1, 0.15) is 11.6 Å². The predicted octanol–water partition coefficient (Wildman–Crippen LogP) is 8.50. The number of rotatable bonds is 15. The van der Waals surface area contributed by atoms with E-state index in [0.717, 1.165) is 47.6 Å². The van der Waals surface area contributed by atoms with Crippen molar-refractivity contribution < 1.29 is 8.78 Å². The third-order valence-electron chi connectivity index (χ3n) is 6.53. The van der Waals surface area contributed by atoms with Crippen molar-refractivity contribution in [3.63, 3.8) is 0 Å². The van der Waals surface area contributed by atoms with Crippen molar-refractivity contribution in [2.75, 3.05) is 35.7 Å². The maximum atomic E-state index is 15.2. The molecule has 0 spiro atoms. The molecule has 208 valence electrons. The Bertz CT molecular complexity index is 1240. The summed E-state index contributed by atoms with van der Waals surface area (Å²) >= 11 is 1.64. The third kappa shape index (κ3) is 8.37. The minimum absolute atomic E-state index is 0.00340. The second-order valence-corrected chi connectivity index (χ2v) is 10.9. The number of nitrogens with zero attached hydrogens (tertiary/aromatic N) is 2. The number of benzene rings is 3. The average molecular weight is 550 g/mol. The highest BCUT2D eigenvalue weighted by molar-refractivity contribution is 7.99. The fourth-order valence-corrected chi connectivity index (χ4v) is 5.59. The molecule has 3 nitrogen and oxygen atoms in total. The van der Waals surface area contributed by atoms with Gasteiger partial charge in [-0.2, -0.15) is 0 Å². The van der Waals surface area contributed by atoms with E-state index in [0.29, 0.717) is 29.1 Å². The molecule has 0 aliphatic rings. The van der Waals surface area contributed by atoms with E-state index in [1.54, 1.807) is 36.2 Å². The van der Waals surface area contributed by atoms with Crippen LogP contribution in [0.4, 0.5) is 20.2 Å². The zero-order valence-corrected chi connectivity index (χ0v) is 24.5. The first-order valence-electron chi connectivity index (χ1n) is 13.6. The molecule has 0 saturated carbocycles. The fourth-order valence-electron chi connectivity index (χ4n) is 4.53. The van der Waals surface area contributed by atoms with Crippen molar-refractivity contribution in [2.45, 2.75) is 51.0 Å². The lowest BCUT2D eigenvalue weighted by Gasteiger charge is -2.27. The van der Waals surface area contributed by atoms with Crippen LogP contribution in [0, 0.1) is 11.6 Å². The van der Waals surface area contributed by atoms with Gasteiger partial charge in [0, 0.05) is 54.2 Å². The first kappa shape index (κ1) is 30.3. The summed E-state index contributed by atoms with van der Waals surface area (Å²) in [6, 6.07) is 18.9. The van der Waals surface area contributed by atoms with Crippen LogP contribution in [0.15, 0.2) is 84.9 Å². The lowest BCUT2D eigenvalue weighted by molar-refractivity contribution is 0.612. The molecule has 0 unspecified atom stereocenters. The summed E-state index contributed by atoms with van der Waals surface area (Å²) < 4.78 is 30.2. The Balaban J connectivity index is 1.71. The third-order valence-corrected chi connectivity index (χ3v) is 7.83. The molecule has 1 atom stereocenters. The van der Waals surface area contributed by atoms with Crippen LogP contribution in [-0.2, 0) is 6.42 Å². The molecule has 0 aliphatic carbocycles. The Kier molecular flexibility index (Phi) is 11.5. The van der Waals surface area contributed by atoms with Crippen LogP contribution in [0.1, 0.15) is 50.3 Å². The normalized spacial score (nSPS) is 11.6. The molecular weight excluding hydrogens is 508 g/mol. The molecule has 0 aromatic heterocycles. The zero-order valence-electron chi connectivity index (χ0n) is 23.6. The highest BCUT2D eigenvalue weighted by Gasteiger charge is 2.18. The number of halogens is 2. The van der Waals surface area contributed by atoms with Crippen molar-refractivity contribution in [1.29, 1.82) is 0 Å². The van der Waals surface area contributed by atoms with E-state index >= 15 is 8.78 Å². The molecule has 3 aromatic rings. The summed E-state index contributed by atoms with van der Waals surface area (Å²) in [5, 5.41) is 3.35. The average Bonchev–Trinajstić information content (AvgIpc) is 2.92. The number of nitrogens with one attached hydrogen (secondary N) is 1.